The molecule has 0 radical (unpaired) electrons. The van der Waals surface area contributed by atoms with Gasteiger partial charge in [-0.1, -0.05) is 126 Å². The third-order valence-electron chi connectivity index (χ3n) is 10.1. The van der Waals surface area contributed by atoms with Gasteiger partial charge in [0.25, 0.3) is 0 Å². The highest BCUT2D eigenvalue weighted by Gasteiger charge is 2.26. The van der Waals surface area contributed by atoms with Gasteiger partial charge in [0, 0.05) is 21.5 Å². The molecule has 0 aromatic heterocycles. The van der Waals surface area contributed by atoms with E-state index < -0.39 is 0 Å². The summed E-state index contributed by atoms with van der Waals surface area (Å²) < 4.78 is 0. The van der Waals surface area contributed by atoms with Crippen molar-refractivity contribution >= 4 is 21.5 Å². The number of aromatic hydroxyl groups is 2. The molecule has 216 valence electrons. The van der Waals surface area contributed by atoms with Crippen LogP contribution in [0.3, 0.4) is 0 Å². The molecule has 0 bridgehead atoms. The summed E-state index contributed by atoms with van der Waals surface area (Å²) in [7, 11) is 0. The Kier molecular flexibility index (Phi) is 9.41. The molecule has 3 aromatic rings. The van der Waals surface area contributed by atoms with Crippen molar-refractivity contribution in [1.29, 1.82) is 0 Å². The Morgan fingerprint density at radius 2 is 1.00 bits per heavy atom. The molecule has 0 spiro atoms. The van der Waals surface area contributed by atoms with Crippen LogP contribution in [0.5, 0.6) is 11.5 Å². The van der Waals surface area contributed by atoms with E-state index in [9.17, 15) is 10.2 Å². The summed E-state index contributed by atoms with van der Waals surface area (Å²) in [4.78, 5) is 0. The Morgan fingerprint density at radius 3 is 1.41 bits per heavy atom. The van der Waals surface area contributed by atoms with Crippen molar-refractivity contribution < 1.29 is 10.2 Å². The zero-order valence-corrected chi connectivity index (χ0v) is 26.8. The van der Waals surface area contributed by atoms with Gasteiger partial charge in [0.2, 0.25) is 0 Å². The first kappa shape index (κ1) is 31.3. The van der Waals surface area contributed by atoms with E-state index in [1.54, 1.807) is 0 Å². The van der Waals surface area contributed by atoms with E-state index in [1.807, 2.05) is 12.1 Å². The topological polar surface area (TPSA) is 40.5 Å². The summed E-state index contributed by atoms with van der Waals surface area (Å²) in [6, 6.07) is 12.5. The molecule has 2 atom stereocenters. The smallest absolute Gasteiger partial charge is 0.131 e. The molecule has 0 aliphatic carbocycles. The predicted octanol–water partition coefficient (Wildman–Crippen LogP) is 11.3. The second-order valence-corrected chi connectivity index (χ2v) is 15.3. The van der Waals surface area contributed by atoms with Gasteiger partial charge in [-0.05, 0) is 70.1 Å². The molecule has 0 saturated heterocycles. The molecular formula is C37H56O2. The van der Waals surface area contributed by atoms with Crippen LogP contribution in [0, 0.1) is 23.2 Å². The fraction of sp³-hybridized carbons (Fsp3) is 0.622. The van der Waals surface area contributed by atoms with Crippen molar-refractivity contribution in [2.75, 3.05) is 0 Å². The number of hydrogen-bond acceptors (Lipinski definition) is 2. The van der Waals surface area contributed by atoms with Crippen molar-refractivity contribution in [3.63, 3.8) is 0 Å². The first-order valence-electron chi connectivity index (χ1n) is 15.4. The van der Waals surface area contributed by atoms with Crippen LogP contribution in [-0.2, 0) is 10.8 Å². The summed E-state index contributed by atoms with van der Waals surface area (Å²) >= 11 is 0. The van der Waals surface area contributed by atoms with Gasteiger partial charge in [0.05, 0.1) is 0 Å². The molecular weight excluding hydrogens is 476 g/mol. The first-order valence-corrected chi connectivity index (χ1v) is 15.4. The number of fused-ring (bicyclic) bond motifs is 2. The average molecular weight is 533 g/mol. The summed E-state index contributed by atoms with van der Waals surface area (Å²) in [6.45, 7) is 25.5. The fourth-order valence-electron chi connectivity index (χ4n) is 5.80. The van der Waals surface area contributed by atoms with Crippen molar-refractivity contribution in [1.82, 2.24) is 0 Å². The maximum atomic E-state index is 11.6. The Labute approximate surface area is 239 Å². The standard InChI is InChI=1S/C37H56O2/c1-24(2)25(3)14-12-20-36(8,9)27-16-18-29-31(22-27)34(39)32-23-28(17-19-30(32)33(29)38)37(10,11)21-13-15-26(4)35(5,6)7/h16-19,22-26,38-39H,12-15,20-21H2,1-11H3. The summed E-state index contributed by atoms with van der Waals surface area (Å²) in [5, 5.41) is 25.7. The molecule has 0 amide bonds. The molecule has 0 heterocycles. The molecule has 2 nitrogen and oxygen atoms in total. The average Bonchev–Trinajstić information content (AvgIpc) is 2.85. The van der Waals surface area contributed by atoms with E-state index in [0.29, 0.717) is 17.3 Å². The Balaban J connectivity index is 1.92. The highest BCUT2D eigenvalue weighted by molar-refractivity contribution is 6.10. The highest BCUT2D eigenvalue weighted by Crippen LogP contribution is 2.45. The maximum absolute atomic E-state index is 11.6. The molecule has 3 aromatic carbocycles. The first-order chi connectivity index (χ1) is 18.0. The third-order valence-corrected chi connectivity index (χ3v) is 10.1. The van der Waals surface area contributed by atoms with Crippen molar-refractivity contribution in [3.8, 4) is 11.5 Å². The van der Waals surface area contributed by atoms with Crippen molar-refractivity contribution in [3.05, 3.63) is 47.5 Å². The van der Waals surface area contributed by atoms with E-state index >= 15 is 0 Å². The summed E-state index contributed by atoms with van der Waals surface area (Å²) in [6.07, 6.45) is 7.00. The van der Waals surface area contributed by atoms with Gasteiger partial charge in [0.1, 0.15) is 11.5 Å². The van der Waals surface area contributed by atoms with Crippen molar-refractivity contribution in [2.45, 2.75) is 126 Å². The normalized spacial score (nSPS) is 14.9. The number of phenolic OH excluding ortho intramolecular Hbond substituents is 2. The predicted molar refractivity (Wildman–Crippen MR) is 171 cm³/mol. The van der Waals surface area contributed by atoms with Crippen LogP contribution in [0.4, 0.5) is 0 Å². The van der Waals surface area contributed by atoms with Crippen LogP contribution in [-0.4, -0.2) is 10.2 Å². The molecule has 0 aliphatic rings. The quantitative estimate of drug-likeness (QED) is 0.190. The Morgan fingerprint density at radius 1 is 0.590 bits per heavy atom. The van der Waals surface area contributed by atoms with E-state index in [0.717, 1.165) is 40.3 Å². The van der Waals surface area contributed by atoms with Gasteiger partial charge in [-0.15, -0.1) is 0 Å². The Hall–Kier alpha value is -2.22. The summed E-state index contributed by atoms with van der Waals surface area (Å²) in [5.41, 5.74) is 2.74. The minimum atomic E-state index is -0.0141. The lowest BCUT2D eigenvalue weighted by Crippen LogP contribution is -2.20. The minimum absolute atomic E-state index is 0.00403. The third kappa shape index (κ3) is 7.11. The van der Waals surface area contributed by atoms with Crippen LogP contribution in [0.2, 0.25) is 0 Å². The lowest BCUT2D eigenvalue weighted by molar-refractivity contribution is 0.235. The highest BCUT2D eigenvalue weighted by atomic mass is 16.3. The molecule has 0 fully saturated rings. The van der Waals surface area contributed by atoms with Gasteiger partial charge in [-0.2, -0.15) is 0 Å². The van der Waals surface area contributed by atoms with E-state index in [4.69, 9.17) is 0 Å². The lowest BCUT2D eigenvalue weighted by Gasteiger charge is -2.30. The molecule has 39 heavy (non-hydrogen) atoms. The number of hydrogen-bond donors (Lipinski definition) is 2. The second kappa shape index (κ2) is 11.7. The molecule has 2 unspecified atom stereocenters. The number of benzene rings is 3. The van der Waals surface area contributed by atoms with Crippen molar-refractivity contribution in [2.24, 2.45) is 23.2 Å². The van der Waals surface area contributed by atoms with Gasteiger partial charge in [0.15, 0.2) is 0 Å². The van der Waals surface area contributed by atoms with Gasteiger partial charge >= 0.3 is 0 Å². The largest absolute Gasteiger partial charge is 0.507 e. The van der Waals surface area contributed by atoms with Crippen LogP contribution in [0.1, 0.15) is 126 Å². The second-order valence-electron chi connectivity index (χ2n) is 15.3. The van der Waals surface area contributed by atoms with Gasteiger partial charge < -0.3 is 10.2 Å². The summed E-state index contributed by atoms with van der Waals surface area (Å²) in [5.74, 6) is 2.66. The minimum Gasteiger partial charge on any atom is -0.507 e. The van der Waals surface area contributed by atoms with Crippen LogP contribution in [0.15, 0.2) is 36.4 Å². The fourth-order valence-corrected chi connectivity index (χ4v) is 5.80. The molecule has 2 N–H and O–H groups in total. The van der Waals surface area contributed by atoms with Crippen LogP contribution < -0.4 is 0 Å². The molecule has 2 heteroatoms. The maximum Gasteiger partial charge on any atom is 0.131 e. The monoisotopic (exact) mass is 532 g/mol. The number of rotatable bonds is 11. The lowest BCUT2D eigenvalue weighted by atomic mass is 9.75. The van der Waals surface area contributed by atoms with Gasteiger partial charge in [-0.25, -0.2) is 0 Å². The SMILES string of the molecule is CC(C)C(C)CCCC(C)(C)c1ccc2c(O)c3ccc(C(C)(C)CCCC(C)C(C)(C)C)cc3c(O)c2c1. The van der Waals surface area contributed by atoms with E-state index in [2.05, 4.69) is 100 Å². The van der Waals surface area contributed by atoms with Crippen LogP contribution >= 0.6 is 0 Å². The zero-order chi connectivity index (χ0) is 29.3. The van der Waals surface area contributed by atoms with Gasteiger partial charge in [-0.3, -0.25) is 0 Å². The number of phenols is 2. The molecule has 0 saturated carbocycles. The van der Waals surface area contributed by atoms with Crippen LogP contribution in [0.25, 0.3) is 21.5 Å². The van der Waals surface area contributed by atoms with E-state index in [-0.39, 0.29) is 22.3 Å². The van der Waals surface area contributed by atoms with E-state index in [1.165, 1.54) is 36.8 Å². The molecule has 0 aliphatic heterocycles. The Bertz CT molecular complexity index is 1270. The zero-order valence-electron chi connectivity index (χ0n) is 26.8. The molecule has 3 rings (SSSR count).